The zero-order chi connectivity index (χ0) is 13.4. The molecule has 0 aliphatic carbocycles. The van der Waals surface area contributed by atoms with Crippen LogP contribution in [-0.4, -0.2) is 44.0 Å². The van der Waals surface area contributed by atoms with Crippen LogP contribution in [0, 0.1) is 6.92 Å². The number of carboxylic acid groups (broad SMARTS) is 1. The summed E-state index contributed by atoms with van der Waals surface area (Å²) in [5.74, 6) is -0.864. The van der Waals surface area contributed by atoms with Crippen LogP contribution in [0.5, 0.6) is 0 Å². The molecule has 0 bridgehead atoms. The number of carboxylic acids is 1. The van der Waals surface area contributed by atoms with Crippen LogP contribution >= 0.6 is 23.1 Å². The third-order valence-electron chi connectivity index (χ3n) is 2.75. The highest BCUT2D eigenvalue weighted by Gasteiger charge is 2.40. The van der Waals surface area contributed by atoms with Crippen molar-refractivity contribution >= 4 is 40.1 Å². The second kappa shape index (κ2) is 4.77. The van der Waals surface area contributed by atoms with Gasteiger partial charge in [-0.15, -0.1) is 11.8 Å². The maximum Gasteiger partial charge on any atom is 0.327 e. The Bertz CT molecular complexity index is 503. The molecule has 6 nitrogen and oxygen atoms in total. The largest absolute Gasteiger partial charge is 0.480 e. The van der Waals surface area contributed by atoms with Gasteiger partial charge in [-0.05, 0) is 13.8 Å². The number of aryl methyl sites for hydroxylation is 1. The van der Waals surface area contributed by atoms with E-state index < -0.39 is 12.0 Å². The van der Waals surface area contributed by atoms with Gasteiger partial charge in [0.2, 0.25) is 0 Å². The van der Waals surface area contributed by atoms with Crippen molar-refractivity contribution < 1.29 is 14.7 Å². The molecule has 98 valence electrons. The smallest absolute Gasteiger partial charge is 0.327 e. The molecule has 1 amide bonds. The van der Waals surface area contributed by atoms with Gasteiger partial charge in [-0.3, -0.25) is 4.79 Å². The van der Waals surface area contributed by atoms with E-state index in [9.17, 15) is 9.59 Å². The lowest BCUT2D eigenvalue weighted by Crippen LogP contribution is -2.44. The minimum Gasteiger partial charge on any atom is -0.480 e. The lowest BCUT2D eigenvalue weighted by Gasteiger charge is -2.24. The molecule has 18 heavy (non-hydrogen) atoms. The molecular formula is C10H13N3O3S2. The summed E-state index contributed by atoms with van der Waals surface area (Å²) in [4.78, 5) is 29.3. The number of thiazole rings is 1. The summed E-state index contributed by atoms with van der Waals surface area (Å²) in [6.45, 7) is 3.52. The van der Waals surface area contributed by atoms with Crippen LogP contribution in [-0.2, 0) is 4.79 Å². The van der Waals surface area contributed by atoms with Gasteiger partial charge in [0.05, 0.1) is 11.1 Å². The Morgan fingerprint density at radius 3 is 2.72 bits per heavy atom. The van der Waals surface area contributed by atoms with Crippen molar-refractivity contribution in [3.05, 3.63) is 10.6 Å². The van der Waals surface area contributed by atoms with Crippen LogP contribution in [0.3, 0.4) is 0 Å². The van der Waals surface area contributed by atoms with Crippen molar-refractivity contribution in [2.24, 2.45) is 0 Å². The van der Waals surface area contributed by atoms with Crippen molar-refractivity contribution in [3.63, 3.8) is 0 Å². The van der Waals surface area contributed by atoms with E-state index >= 15 is 0 Å². The van der Waals surface area contributed by atoms with Crippen LogP contribution in [0.1, 0.15) is 22.3 Å². The predicted molar refractivity (Wildman–Crippen MR) is 70.8 cm³/mol. The van der Waals surface area contributed by atoms with Crippen molar-refractivity contribution in [3.8, 4) is 0 Å². The lowest BCUT2D eigenvalue weighted by molar-refractivity contribution is -0.141. The average Bonchev–Trinajstić information content (AvgIpc) is 2.81. The first-order valence-electron chi connectivity index (χ1n) is 5.31. The molecule has 1 aliphatic heterocycles. The Balaban J connectivity index is 2.32. The summed E-state index contributed by atoms with van der Waals surface area (Å²) in [5.41, 5.74) is 6.11. The zero-order valence-corrected chi connectivity index (χ0v) is 11.5. The van der Waals surface area contributed by atoms with Gasteiger partial charge in [-0.2, -0.15) is 0 Å². The zero-order valence-electron chi connectivity index (χ0n) is 9.91. The van der Waals surface area contributed by atoms with Crippen LogP contribution < -0.4 is 5.73 Å². The second-order valence-corrected chi connectivity index (χ2v) is 6.35. The van der Waals surface area contributed by atoms with E-state index in [0.29, 0.717) is 21.5 Å². The predicted octanol–water partition coefficient (Wildman–Crippen LogP) is 1.02. The molecule has 2 atom stereocenters. The molecule has 0 radical (unpaired) electrons. The summed E-state index contributed by atoms with van der Waals surface area (Å²) in [6, 6.07) is -0.778. The molecule has 1 saturated heterocycles. The van der Waals surface area contributed by atoms with Crippen LogP contribution in [0.15, 0.2) is 0 Å². The van der Waals surface area contributed by atoms with E-state index in [1.165, 1.54) is 16.7 Å². The number of aromatic nitrogens is 1. The summed E-state index contributed by atoms with van der Waals surface area (Å²) in [6.07, 6.45) is 0. The van der Waals surface area contributed by atoms with Crippen LogP contribution in [0.2, 0.25) is 0 Å². The molecule has 1 fully saturated rings. The number of nitrogens with two attached hydrogens (primary N) is 1. The number of anilines is 1. The number of hydrogen-bond acceptors (Lipinski definition) is 6. The van der Waals surface area contributed by atoms with E-state index in [2.05, 4.69) is 4.98 Å². The summed E-state index contributed by atoms with van der Waals surface area (Å²) in [7, 11) is 0. The maximum atomic E-state index is 12.4. The van der Waals surface area contributed by atoms with Gasteiger partial charge in [0.25, 0.3) is 5.91 Å². The number of nitrogen functional groups attached to an aromatic ring is 1. The van der Waals surface area contributed by atoms with E-state index in [0.717, 1.165) is 11.3 Å². The molecule has 1 aromatic rings. The second-order valence-electron chi connectivity index (χ2n) is 3.97. The first kappa shape index (κ1) is 13.2. The molecule has 2 heterocycles. The molecule has 8 heteroatoms. The Kier molecular flexibility index (Phi) is 3.49. The van der Waals surface area contributed by atoms with Gasteiger partial charge in [-0.1, -0.05) is 11.3 Å². The monoisotopic (exact) mass is 287 g/mol. The average molecular weight is 287 g/mol. The number of carbonyl (C=O) groups excluding carboxylic acids is 1. The van der Waals surface area contributed by atoms with Gasteiger partial charge in [0, 0.05) is 5.75 Å². The highest BCUT2D eigenvalue weighted by atomic mass is 32.2. The minimum absolute atomic E-state index is 0.152. The lowest BCUT2D eigenvalue weighted by atomic mass is 10.2. The van der Waals surface area contributed by atoms with Crippen molar-refractivity contribution in [1.82, 2.24) is 9.88 Å². The third kappa shape index (κ3) is 2.17. The van der Waals surface area contributed by atoms with E-state index in [1.807, 2.05) is 6.92 Å². The number of hydrogen-bond donors (Lipinski definition) is 2. The standard InChI is InChI=1S/C10H13N3O3S2/c1-4-7(18-10(11)12-4)8(14)13-5(2)17-3-6(13)9(15)16/h5-6H,3H2,1-2H3,(H2,11,12)(H,15,16). The molecule has 1 aliphatic rings. The molecule has 1 aromatic heterocycles. The fraction of sp³-hybridized carbons (Fsp3) is 0.500. The normalized spacial score (nSPS) is 23.3. The van der Waals surface area contributed by atoms with Gasteiger partial charge in [-0.25, -0.2) is 9.78 Å². The number of nitrogens with zero attached hydrogens (tertiary/aromatic N) is 2. The third-order valence-corrected chi connectivity index (χ3v) is 4.94. The fourth-order valence-corrected chi connectivity index (χ4v) is 3.82. The quantitative estimate of drug-likeness (QED) is 0.843. The first-order valence-corrected chi connectivity index (χ1v) is 7.18. The number of thioether (sulfide) groups is 1. The van der Waals surface area contributed by atoms with Gasteiger partial charge >= 0.3 is 5.97 Å². The summed E-state index contributed by atoms with van der Waals surface area (Å²) < 4.78 is 0. The molecule has 2 unspecified atom stereocenters. The number of carbonyl (C=O) groups is 2. The fourth-order valence-electron chi connectivity index (χ4n) is 1.87. The molecule has 0 aromatic carbocycles. The Hall–Kier alpha value is -1.28. The topological polar surface area (TPSA) is 96.5 Å². The van der Waals surface area contributed by atoms with Gasteiger partial charge < -0.3 is 15.7 Å². The van der Waals surface area contributed by atoms with Crippen molar-refractivity contribution in [2.75, 3.05) is 11.5 Å². The van der Waals surface area contributed by atoms with E-state index in [4.69, 9.17) is 10.8 Å². The summed E-state index contributed by atoms with van der Waals surface area (Å²) >= 11 is 2.55. The van der Waals surface area contributed by atoms with Crippen molar-refractivity contribution in [2.45, 2.75) is 25.3 Å². The number of aliphatic carboxylic acids is 1. The van der Waals surface area contributed by atoms with Crippen LogP contribution in [0.25, 0.3) is 0 Å². The highest BCUT2D eigenvalue weighted by molar-refractivity contribution is 8.00. The maximum absolute atomic E-state index is 12.4. The minimum atomic E-state index is -0.977. The Morgan fingerprint density at radius 1 is 1.56 bits per heavy atom. The van der Waals surface area contributed by atoms with Gasteiger partial charge in [0.15, 0.2) is 5.13 Å². The van der Waals surface area contributed by atoms with E-state index in [1.54, 1.807) is 6.92 Å². The Morgan fingerprint density at radius 2 is 2.22 bits per heavy atom. The SMILES string of the molecule is Cc1nc(N)sc1C(=O)N1C(C)SCC1C(=O)O. The van der Waals surface area contributed by atoms with Crippen LogP contribution in [0.4, 0.5) is 5.13 Å². The van der Waals surface area contributed by atoms with Gasteiger partial charge in [0.1, 0.15) is 10.9 Å². The number of rotatable bonds is 2. The highest BCUT2D eigenvalue weighted by Crippen LogP contribution is 2.32. The number of amides is 1. The summed E-state index contributed by atoms with van der Waals surface area (Å²) in [5, 5.41) is 9.30. The molecule has 2 rings (SSSR count). The van der Waals surface area contributed by atoms with E-state index in [-0.39, 0.29) is 11.3 Å². The first-order chi connectivity index (χ1) is 8.41. The molecule has 0 spiro atoms. The Labute approximate surface area is 112 Å². The molecule has 3 N–H and O–H groups in total. The molecular weight excluding hydrogens is 274 g/mol. The van der Waals surface area contributed by atoms with Crippen molar-refractivity contribution in [1.29, 1.82) is 0 Å². The molecule has 0 saturated carbocycles.